The van der Waals surface area contributed by atoms with Crippen molar-refractivity contribution in [1.29, 1.82) is 0 Å². The second kappa shape index (κ2) is 6.51. The van der Waals surface area contributed by atoms with Crippen LogP contribution in [0.3, 0.4) is 0 Å². The van der Waals surface area contributed by atoms with Crippen molar-refractivity contribution in [3.05, 3.63) is 63.9 Å². The predicted octanol–water partition coefficient (Wildman–Crippen LogP) is 4.44. The molecule has 1 N–H and O–H groups in total. The minimum absolute atomic E-state index is 0.126. The van der Waals surface area contributed by atoms with Crippen molar-refractivity contribution >= 4 is 27.7 Å². The molecule has 4 heteroatoms. The third-order valence-electron chi connectivity index (χ3n) is 3.94. The minimum atomic E-state index is -0.126. The van der Waals surface area contributed by atoms with Gasteiger partial charge in [0.25, 0.3) is 0 Å². The first-order valence-electron chi connectivity index (χ1n) is 7.03. The molecule has 0 saturated carbocycles. The Hall–Kier alpha value is -0.840. The van der Waals surface area contributed by atoms with E-state index in [0.717, 1.165) is 16.5 Å². The van der Waals surface area contributed by atoms with Crippen molar-refractivity contribution in [3.8, 4) is 0 Å². The molecule has 2 aromatic rings. The highest BCUT2D eigenvalue weighted by Gasteiger charge is 2.29. The normalized spacial score (nSPS) is 18.5. The first-order valence-corrected chi connectivity index (χ1v) is 8.70. The van der Waals surface area contributed by atoms with Gasteiger partial charge in [0.15, 0.2) is 0 Å². The lowest BCUT2D eigenvalue weighted by atomic mass is 9.98. The van der Waals surface area contributed by atoms with Gasteiger partial charge in [0.1, 0.15) is 5.82 Å². The predicted molar refractivity (Wildman–Crippen MR) is 90.4 cm³/mol. The van der Waals surface area contributed by atoms with Crippen LogP contribution in [0.1, 0.15) is 11.1 Å². The van der Waals surface area contributed by atoms with Crippen LogP contribution in [0, 0.1) is 5.82 Å². The lowest BCUT2D eigenvalue weighted by molar-refractivity contribution is 0.518. The molecule has 0 bridgehead atoms. The van der Waals surface area contributed by atoms with E-state index in [1.165, 1.54) is 16.5 Å². The Balaban J connectivity index is 1.76. The van der Waals surface area contributed by atoms with Crippen LogP contribution in [0.25, 0.3) is 0 Å². The first kappa shape index (κ1) is 15.1. The third-order valence-corrected chi connectivity index (χ3v) is 5.88. The molecule has 0 aromatic heterocycles. The van der Waals surface area contributed by atoms with Crippen molar-refractivity contribution < 1.29 is 4.39 Å². The van der Waals surface area contributed by atoms with Crippen LogP contribution in [0.15, 0.2) is 51.8 Å². The number of hydrogen-bond acceptors (Lipinski definition) is 2. The molecule has 0 saturated heterocycles. The number of likely N-dealkylation sites (N-methyl/N-ethyl adjacent to an activating group) is 1. The number of thioether (sulfide) groups is 1. The number of fused-ring (bicyclic) bond motifs is 1. The zero-order valence-electron chi connectivity index (χ0n) is 11.8. The second-order valence-electron chi connectivity index (χ2n) is 5.30. The molecule has 1 heterocycles. The number of hydrogen-bond donors (Lipinski definition) is 1. The average molecular weight is 366 g/mol. The third kappa shape index (κ3) is 3.33. The van der Waals surface area contributed by atoms with E-state index < -0.39 is 0 Å². The molecule has 1 nitrogen and oxygen atoms in total. The zero-order valence-corrected chi connectivity index (χ0v) is 14.2. The van der Waals surface area contributed by atoms with E-state index in [0.29, 0.717) is 11.7 Å². The summed E-state index contributed by atoms with van der Waals surface area (Å²) in [6, 6.07) is 13.9. The van der Waals surface area contributed by atoms with Gasteiger partial charge in [-0.1, -0.05) is 34.1 Å². The fourth-order valence-electron chi connectivity index (χ4n) is 2.79. The summed E-state index contributed by atoms with van der Waals surface area (Å²) >= 11 is 5.32. The van der Waals surface area contributed by atoms with Crippen molar-refractivity contribution in [2.24, 2.45) is 0 Å². The van der Waals surface area contributed by atoms with Crippen molar-refractivity contribution in [2.45, 2.75) is 29.0 Å². The van der Waals surface area contributed by atoms with E-state index in [-0.39, 0.29) is 11.9 Å². The van der Waals surface area contributed by atoms with Crippen molar-refractivity contribution in [3.63, 3.8) is 0 Å². The van der Waals surface area contributed by atoms with Gasteiger partial charge in [0.05, 0.1) is 0 Å². The average Bonchev–Trinajstić information content (AvgIpc) is 2.91. The van der Waals surface area contributed by atoms with Gasteiger partial charge in [-0.2, -0.15) is 0 Å². The number of benzene rings is 2. The molecular formula is C17H17BrFNS. The van der Waals surface area contributed by atoms with E-state index in [2.05, 4.69) is 45.5 Å². The van der Waals surface area contributed by atoms with Gasteiger partial charge in [-0.3, -0.25) is 0 Å². The molecule has 110 valence electrons. The molecule has 2 unspecified atom stereocenters. The molecular weight excluding hydrogens is 349 g/mol. The van der Waals surface area contributed by atoms with Crippen molar-refractivity contribution in [1.82, 2.24) is 5.32 Å². The van der Waals surface area contributed by atoms with E-state index in [1.807, 2.05) is 24.9 Å². The summed E-state index contributed by atoms with van der Waals surface area (Å²) < 4.78 is 14.9. The lowest BCUT2D eigenvalue weighted by Crippen LogP contribution is -2.37. The molecule has 0 aliphatic carbocycles. The van der Waals surface area contributed by atoms with Gasteiger partial charge in [-0.05, 0) is 55.3 Å². The van der Waals surface area contributed by atoms with Crippen LogP contribution in [0.4, 0.5) is 4.39 Å². The molecule has 0 amide bonds. The monoisotopic (exact) mass is 365 g/mol. The largest absolute Gasteiger partial charge is 0.316 e. The second-order valence-corrected chi connectivity index (χ2v) is 7.50. The van der Waals surface area contributed by atoms with E-state index in [4.69, 9.17) is 0 Å². The van der Waals surface area contributed by atoms with Crippen LogP contribution in [0.5, 0.6) is 0 Å². The van der Waals surface area contributed by atoms with E-state index >= 15 is 0 Å². The fourth-order valence-corrected chi connectivity index (χ4v) is 4.64. The Morgan fingerprint density at radius 3 is 2.90 bits per heavy atom. The SMILES string of the molecule is CNC(Cc1cc(Br)ccc1F)C1Cc2ccccc2S1. The summed E-state index contributed by atoms with van der Waals surface area (Å²) in [5.41, 5.74) is 2.17. The van der Waals surface area contributed by atoms with Crippen LogP contribution < -0.4 is 5.32 Å². The Morgan fingerprint density at radius 1 is 1.33 bits per heavy atom. The van der Waals surface area contributed by atoms with E-state index in [1.54, 1.807) is 6.07 Å². The summed E-state index contributed by atoms with van der Waals surface area (Å²) in [6.07, 6.45) is 1.75. The topological polar surface area (TPSA) is 12.0 Å². The summed E-state index contributed by atoms with van der Waals surface area (Å²) in [7, 11) is 1.96. The maximum Gasteiger partial charge on any atom is 0.126 e. The maximum atomic E-state index is 14.0. The molecule has 2 aromatic carbocycles. The highest BCUT2D eigenvalue weighted by Crippen LogP contribution is 2.39. The Bertz CT molecular complexity index is 621. The highest BCUT2D eigenvalue weighted by molar-refractivity contribution is 9.10. The standard InChI is InChI=1S/C17H17BrFNS/c1-20-15(9-12-8-13(18)6-7-14(12)19)17-10-11-4-2-3-5-16(11)21-17/h2-8,15,17,20H,9-10H2,1H3. The molecule has 2 atom stereocenters. The van der Waals surface area contributed by atoms with Gasteiger partial charge in [0.2, 0.25) is 0 Å². The molecule has 1 aliphatic rings. The summed E-state index contributed by atoms with van der Waals surface area (Å²) in [4.78, 5) is 1.36. The van der Waals surface area contributed by atoms with Crippen LogP contribution >= 0.6 is 27.7 Å². The molecule has 1 aliphatic heterocycles. The van der Waals surface area contributed by atoms with E-state index in [9.17, 15) is 4.39 Å². The van der Waals surface area contributed by atoms with Gasteiger partial charge in [0, 0.05) is 20.7 Å². The van der Waals surface area contributed by atoms with Crippen molar-refractivity contribution in [2.75, 3.05) is 7.05 Å². The first-order chi connectivity index (χ1) is 10.2. The fraction of sp³-hybridized carbons (Fsp3) is 0.294. The van der Waals surface area contributed by atoms with Gasteiger partial charge in [-0.15, -0.1) is 11.8 Å². The Labute approximate surface area is 137 Å². The number of nitrogens with one attached hydrogen (secondary N) is 1. The molecule has 0 spiro atoms. The maximum absolute atomic E-state index is 14.0. The summed E-state index contributed by atoms with van der Waals surface area (Å²) in [5, 5.41) is 3.82. The van der Waals surface area contributed by atoms with Crippen LogP contribution in [-0.2, 0) is 12.8 Å². The van der Waals surface area contributed by atoms with Crippen LogP contribution in [-0.4, -0.2) is 18.3 Å². The molecule has 21 heavy (non-hydrogen) atoms. The number of rotatable bonds is 4. The Kier molecular flexibility index (Phi) is 4.67. The number of halogens is 2. The zero-order chi connectivity index (χ0) is 14.8. The molecule has 3 rings (SSSR count). The van der Waals surface area contributed by atoms with Gasteiger partial charge in [-0.25, -0.2) is 4.39 Å². The van der Waals surface area contributed by atoms with Gasteiger partial charge >= 0.3 is 0 Å². The van der Waals surface area contributed by atoms with Crippen LogP contribution in [0.2, 0.25) is 0 Å². The van der Waals surface area contributed by atoms with Gasteiger partial charge < -0.3 is 5.32 Å². The molecule has 0 radical (unpaired) electrons. The quantitative estimate of drug-likeness (QED) is 0.859. The highest BCUT2D eigenvalue weighted by atomic mass is 79.9. The minimum Gasteiger partial charge on any atom is -0.316 e. The molecule has 0 fully saturated rings. The smallest absolute Gasteiger partial charge is 0.126 e. The Morgan fingerprint density at radius 2 is 2.14 bits per heavy atom. The summed E-state index contributed by atoms with van der Waals surface area (Å²) in [6.45, 7) is 0. The summed E-state index contributed by atoms with van der Waals surface area (Å²) in [5.74, 6) is -0.126. The lowest BCUT2D eigenvalue weighted by Gasteiger charge is -2.22.